The molecule has 0 aromatic carbocycles. The molecule has 1 N–H and O–H groups in total. The minimum absolute atomic E-state index is 0.466. The molecule has 0 radical (unpaired) electrons. The molecule has 0 bridgehead atoms. The van der Waals surface area contributed by atoms with Gasteiger partial charge in [-0.3, -0.25) is 0 Å². The summed E-state index contributed by atoms with van der Waals surface area (Å²) in [6, 6.07) is 1.00. The molecule has 0 aliphatic heterocycles. The maximum Gasteiger partial charge on any atom is 0.137 e. The largest absolute Gasteiger partial charge is 0.315 e. The van der Waals surface area contributed by atoms with E-state index in [4.69, 9.17) is 0 Å². The normalized spacial score (nSPS) is 30.9. The summed E-state index contributed by atoms with van der Waals surface area (Å²) in [5.74, 6) is 1.59. The molecule has 1 heterocycles. The fourth-order valence-corrected chi connectivity index (χ4v) is 2.80. The average molecular weight is 222 g/mol. The molecule has 3 unspecified atom stereocenters. The van der Waals surface area contributed by atoms with Crippen molar-refractivity contribution in [2.75, 3.05) is 7.05 Å². The second kappa shape index (κ2) is 4.95. The van der Waals surface area contributed by atoms with Crippen LogP contribution in [0, 0.1) is 11.8 Å². The van der Waals surface area contributed by atoms with Gasteiger partial charge in [0.25, 0.3) is 0 Å². The summed E-state index contributed by atoms with van der Waals surface area (Å²) in [5, 5.41) is 7.71. The fourth-order valence-electron chi connectivity index (χ4n) is 2.80. The third-order valence-corrected chi connectivity index (χ3v) is 3.95. The molecular formula is C12H22N4. The van der Waals surface area contributed by atoms with Gasteiger partial charge in [-0.1, -0.05) is 13.8 Å². The van der Waals surface area contributed by atoms with Crippen molar-refractivity contribution in [1.29, 1.82) is 0 Å². The molecule has 4 nitrogen and oxygen atoms in total. The van der Waals surface area contributed by atoms with Crippen LogP contribution >= 0.6 is 0 Å². The van der Waals surface area contributed by atoms with Crippen molar-refractivity contribution < 1.29 is 0 Å². The molecule has 0 spiro atoms. The molecule has 0 amide bonds. The monoisotopic (exact) mass is 222 g/mol. The van der Waals surface area contributed by atoms with E-state index in [-0.39, 0.29) is 0 Å². The Labute approximate surface area is 97.5 Å². The van der Waals surface area contributed by atoms with Crippen molar-refractivity contribution in [1.82, 2.24) is 20.1 Å². The van der Waals surface area contributed by atoms with Crippen LogP contribution in [0.1, 0.15) is 39.2 Å². The minimum Gasteiger partial charge on any atom is -0.315 e. The smallest absolute Gasteiger partial charge is 0.137 e. The quantitative estimate of drug-likeness (QED) is 0.849. The molecule has 4 heteroatoms. The predicted molar refractivity (Wildman–Crippen MR) is 64.1 cm³/mol. The molecular weight excluding hydrogens is 200 g/mol. The van der Waals surface area contributed by atoms with E-state index in [1.165, 1.54) is 19.3 Å². The maximum absolute atomic E-state index is 4.30. The molecule has 90 valence electrons. The van der Waals surface area contributed by atoms with Gasteiger partial charge in [0.05, 0.1) is 6.04 Å². The van der Waals surface area contributed by atoms with Crippen LogP contribution in [0.3, 0.4) is 0 Å². The van der Waals surface area contributed by atoms with Crippen LogP contribution in [0.25, 0.3) is 0 Å². The Bertz CT molecular complexity index is 307. The second-order valence-electron chi connectivity index (χ2n) is 5.16. The first-order valence-electron chi connectivity index (χ1n) is 6.23. The van der Waals surface area contributed by atoms with E-state index in [2.05, 4.69) is 29.2 Å². The molecule has 3 atom stereocenters. The van der Waals surface area contributed by atoms with E-state index >= 15 is 0 Å². The summed E-state index contributed by atoms with van der Waals surface area (Å²) in [5.41, 5.74) is 0. The summed E-state index contributed by atoms with van der Waals surface area (Å²) < 4.78 is 2.02. The highest BCUT2D eigenvalue weighted by Gasteiger charge is 2.32. The molecule has 1 aliphatic carbocycles. The number of nitrogens with zero attached hydrogens (tertiary/aromatic N) is 3. The zero-order valence-electron chi connectivity index (χ0n) is 10.4. The van der Waals surface area contributed by atoms with Crippen LogP contribution in [-0.4, -0.2) is 27.9 Å². The summed E-state index contributed by atoms with van der Waals surface area (Å²) in [6.07, 6.45) is 7.26. The summed E-state index contributed by atoms with van der Waals surface area (Å²) in [4.78, 5) is 4.06. The Kier molecular flexibility index (Phi) is 3.59. The van der Waals surface area contributed by atoms with E-state index in [1.54, 1.807) is 6.33 Å². The van der Waals surface area contributed by atoms with Crippen molar-refractivity contribution in [3.8, 4) is 0 Å². The molecule has 16 heavy (non-hydrogen) atoms. The van der Waals surface area contributed by atoms with Gasteiger partial charge in [-0.2, -0.15) is 5.10 Å². The van der Waals surface area contributed by atoms with Gasteiger partial charge in [0.2, 0.25) is 0 Å². The minimum atomic E-state index is 0.466. The summed E-state index contributed by atoms with van der Waals surface area (Å²) in [6.45, 7) is 4.64. The van der Waals surface area contributed by atoms with Crippen molar-refractivity contribution in [2.24, 2.45) is 11.8 Å². The van der Waals surface area contributed by atoms with Crippen LogP contribution in [0.5, 0.6) is 0 Å². The molecule has 1 saturated carbocycles. The lowest BCUT2D eigenvalue weighted by Gasteiger charge is -2.37. The van der Waals surface area contributed by atoms with Gasteiger partial charge in [0.15, 0.2) is 0 Å². The van der Waals surface area contributed by atoms with Crippen LogP contribution in [0.15, 0.2) is 12.7 Å². The first-order valence-corrected chi connectivity index (χ1v) is 6.23. The molecule has 1 fully saturated rings. The zero-order valence-corrected chi connectivity index (χ0v) is 10.4. The summed E-state index contributed by atoms with van der Waals surface area (Å²) in [7, 11) is 2.05. The maximum atomic E-state index is 4.30. The van der Waals surface area contributed by atoms with E-state index < -0.39 is 0 Å². The predicted octanol–water partition coefficient (Wildman–Crippen LogP) is 1.86. The zero-order chi connectivity index (χ0) is 11.5. The fraction of sp³-hybridized carbons (Fsp3) is 0.833. The van der Waals surface area contributed by atoms with E-state index in [9.17, 15) is 0 Å². The lowest BCUT2D eigenvalue weighted by Crippen LogP contribution is -2.41. The molecule has 1 aromatic rings. The number of likely N-dealkylation sites (N-methyl/N-ethyl adjacent to an activating group) is 1. The highest BCUT2D eigenvalue weighted by atomic mass is 15.3. The van der Waals surface area contributed by atoms with Gasteiger partial charge in [0.1, 0.15) is 12.7 Å². The van der Waals surface area contributed by atoms with Crippen LogP contribution in [0.2, 0.25) is 0 Å². The molecule has 0 saturated heterocycles. The van der Waals surface area contributed by atoms with Gasteiger partial charge in [-0.15, -0.1) is 0 Å². The Balaban J connectivity index is 2.11. The van der Waals surface area contributed by atoms with Crippen LogP contribution in [0.4, 0.5) is 0 Å². The first-order chi connectivity index (χ1) is 7.72. The number of rotatable bonds is 3. The Morgan fingerprint density at radius 3 is 2.75 bits per heavy atom. The van der Waals surface area contributed by atoms with Gasteiger partial charge in [-0.25, -0.2) is 9.67 Å². The SMILES string of the molecule is CNC1CCC(C(C)C)CC1n1cncn1. The number of hydrogen-bond donors (Lipinski definition) is 1. The second-order valence-corrected chi connectivity index (χ2v) is 5.16. The molecule has 1 aromatic heterocycles. The number of hydrogen-bond acceptors (Lipinski definition) is 3. The van der Waals surface area contributed by atoms with Crippen LogP contribution < -0.4 is 5.32 Å². The molecule has 1 aliphatic rings. The van der Waals surface area contributed by atoms with Crippen LogP contribution in [-0.2, 0) is 0 Å². The van der Waals surface area contributed by atoms with E-state index in [1.807, 2.05) is 18.1 Å². The van der Waals surface area contributed by atoms with Crippen molar-refractivity contribution in [3.63, 3.8) is 0 Å². The third-order valence-electron chi connectivity index (χ3n) is 3.95. The summed E-state index contributed by atoms with van der Waals surface area (Å²) >= 11 is 0. The topological polar surface area (TPSA) is 42.7 Å². The highest BCUT2D eigenvalue weighted by molar-refractivity contribution is 4.88. The average Bonchev–Trinajstić information content (AvgIpc) is 2.81. The Hall–Kier alpha value is -0.900. The van der Waals surface area contributed by atoms with Gasteiger partial charge >= 0.3 is 0 Å². The molecule has 2 rings (SSSR count). The first kappa shape index (κ1) is 11.6. The number of nitrogens with one attached hydrogen (secondary N) is 1. The van der Waals surface area contributed by atoms with Crippen molar-refractivity contribution >= 4 is 0 Å². The van der Waals surface area contributed by atoms with Crippen molar-refractivity contribution in [3.05, 3.63) is 12.7 Å². The van der Waals surface area contributed by atoms with Gasteiger partial charge in [-0.05, 0) is 38.1 Å². The highest BCUT2D eigenvalue weighted by Crippen LogP contribution is 2.35. The third kappa shape index (κ3) is 2.26. The lowest BCUT2D eigenvalue weighted by molar-refractivity contribution is 0.167. The van der Waals surface area contributed by atoms with Crippen molar-refractivity contribution in [2.45, 2.75) is 45.2 Å². The van der Waals surface area contributed by atoms with Gasteiger partial charge < -0.3 is 5.32 Å². The van der Waals surface area contributed by atoms with Gasteiger partial charge in [0, 0.05) is 6.04 Å². The van der Waals surface area contributed by atoms with E-state index in [0.29, 0.717) is 12.1 Å². The Morgan fingerprint density at radius 1 is 1.38 bits per heavy atom. The standard InChI is InChI=1S/C12H22N4/c1-9(2)10-4-5-11(13-3)12(6-10)16-8-14-7-15-16/h7-13H,4-6H2,1-3H3. The lowest BCUT2D eigenvalue weighted by atomic mass is 9.77. The number of aromatic nitrogens is 3. The Morgan fingerprint density at radius 2 is 2.19 bits per heavy atom. The van der Waals surface area contributed by atoms with E-state index in [0.717, 1.165) is 11.8 Å².